The molecule has 0 fully saturated rings. The number of methoxy groups -OCH3 is 1. The van der Waals surface area contributed by atoms with Gasteiger partial charge in [0, 0.05) is 30.3 Å². The van der Waals surface area contributed by atoms with E-state index in [-0.39, 0.29) is 6.42 Å². The molecule has 3 N–H and O–H groups in total. The number of hydrogen-bond acceptors (Lipinski definition) is 5. The number of carboxylic acid groups (broad SMARTS) is 1. The van der Waals surface area contributed by atoms with E-state index < -0.39 is 17.2 Å². The van der Waals surface area contributed by atoms with Gasteiger partial charge in [0.25, 0.3) is 0 Å². The van der Waals surface area contributed by atoms with Crippen molar-refractivity contribution in [3.63, 3.8) is 0 Å². The molecule has 1 rings (SSSR count). The lowest BCUT2D eigenvalue weighted by atomic mass is 10.0. The molecule has 130 valence electrons. The average molecular weight is 325 g/mol. The van der Waals surface area contributed by atoms with Gasteiger partial charge in [-0.15, -0.1) is 0 Å². The molecule has 0 unspecified atom stereocenters. The third-order valence-corrected chi connectivity index (χ3v) is 3.31. The maximum atomic E-state index is 10.8. The molecule has 0 heterocycles. The van der Waals surface area contributed by atoms with Gasteiger partial charge in [-0.1, -0.05) is 0 Å². The maximum absolute atomic E-state index is 10.8. The zero-order valence-electron chi connectivity index (χ0n) is 14.5. The van der Waals surface area contributed by atoms with E-state index in [0.29, 0.717) is 30.2 Å². The van der Waals surface area contributed by atoms with Crippen LogP contribution in [0.4, 0.5) is 5.69 Å². The minimum atomic E-state index is -0.877. The average Bonchev–Trinajstić information content (AvgIpc) is 2.34. The van der Waals surface area contributed by atoms with Gasteiger partial charge in [0.2, 0.25) is 0 Å². The molecule has 0 aliphatic rings. The van der Waals surface area contributed by atoms with E-state index in [1.807, 2.05) is 13.8 Å². The summed E-state index contributed by atoms with van der Waals surface area (Å²) >= 11 is 0. The monoisotopic (exact) mass is 325 g/mol. The smallest absolute Gasteiger partial charge is 0.306 e. The third kappa shape index (κ3) is 7.23. The number of anilines is 1. The van der Waals surface area contributed by atoms with Gasteiger partial charge in [-0.3, -0.25) is 4.79 Å². The van der Waals surface area contributed by atoms with E-state index in [2.05, 4.69) is 0 Å². The van der Waals surface area contributed by atoms with Gasteiger partial charge in [0.05, 0.1) is 25.7 Å². The van der Waals surface area contributed by atoms with Crippen LogP contribution in [0.15, 0.2) is 18.2 Å². The Morgan fingerprint density at radius 2 is 1.74 bits per heavy atom. The van der Waals surface area contributed by atoms with Crippen molar-refractivity contribution >= 4 is 11.7 Å². The fraction of sp³-hybridized carbons (Fsp3) is 0.588. The predicted molar refractivity (Wildman–Crippen MR) is 89.0 cm³/mol. The first kappa shape index (κ1) is 19.1. The van der Waals surface area contributed by atoms with Crippen LogP contribution in [0.5, 0.6) is 11.5 Å². The van der Waals surface area contributed by atoms with Crippen LogP contribution in [0.3, 0.4) is 0 Å². The molecule has 0 bridgehead atoms. The number of rotatable bonds is 9. The Kier molecular flexibility index (Phi) is 6.27. The van der Waals surface area contributed by atoms with Crippen LogP contribution in [-0.2, 0) is 9.53 Å². The second-order valence-corrected chi connectivity index (χ2v) is 6.73. The summed E-state index contributed by atoms with van der Waals surface area (Å²) in [4.78, 5) is 10.8. The van der Waals surface area contributed by atoms with Gasteiger partial charge in [-0.05, 0) is 27.7 Å². The van der Waals surface area contributed by atoms with Gasteiger partial charge in [-0.2, -0.15) is 0 Å². The number of nitrogen functional groups attached to an aromatic ring is 1. The fourth-order valence-corrected chi connectivity index (χ4v) is 2.13. The van der Waals surface area contributed by atoms with E-state index in [1.54, 1.807) is 39.2 Å². The van der Waals surface area contributed by atoms with E-state index in [0.717, 1.165) is 0 Å². The Bertz CT molecular complexity index is 540. The number of carbonyl (C=O) groups is 1. The fourth-order valence-electron chi connectivity index (χ4n) is 2.13. The van der Waals surface area contributed by atoms with E-state index >= 15 is 0 Å². The van der Waals surface area contributed by atoms with Crippen molar-refractivity contribution < 1.29 is 24.1 Å². The Balaban J connectivity index is 2.59. The summed E-state index contributed by atoms with van der Waals surface area (Å²) in [6.07, 6.45) is 0.563. The summed E-state index contributed by atoms with van der Waals surface area (Å²) in [6, 6.07) is 5.23. The molecule has 0 aliphatic carbocycles. The Morgan fingerprint density at radius 3 is 2.30 bits per heavy atom. The zero-order chi connectivity index (χ0) is 17.7. The summed E-state index contributed by atoms with van der Waals surface area (Å²) in [5.74, 6) is 0.378. The molecular weight excluding hydrogens is 298 g/mol. The Labute approximate surface area is 137 Å². The van der Waals surface area contributed by atoms with Crippen LogP contribution in [0.2, 0.25) is 0 Å². The molecule has 6 heteroatoms. The summed E-state index contributed by atoms with van der Waals surface area (Å²) in [7, 11) is 1.57. The van der Waals surface area contributed by atoms with Crippen LogP contribution in [-0.4, -0.2) is 36.0 Å². The lowest BCUT2D eigenvalue weighted by Gasteiger charge is -2.29. The first-order valence-electron chi connectivity index (χ1n) is 7.52. The van der Waals surface area contributed by atoms with Crippen molar-refractivity contribution in [2.75, 3.05) is 19.5 Å². The molecule has 0 saturated carbocycles. The quantitative estimate of drug-likeness (QED) is 0.678. The molecule has 0 saturated heterocycles. The van der Waals surface area contributed by atoms with Gasteiger partial charge in [-0.25, -0.2) is 0 Å². The molecule has 0 radical (unpaired) electrons. The number of benzene rings is 1. The van der Waals surface area contributed by atoms with Gasteiger partial charge >= 0.3 is 5.97 Å². The highest BCUT2D eigenvalue weighted by atomic mass is 16.5. The van der Waals surface area contributed by atoms with Crippen LogP contribution < -0.4 is 15.2 Å². The summed E-state index contributed by atoms with van der Waals surface area (Å²) in [6.45, 7) is 7.80. The number of carboxylic acids is 1. The van der Waals surface area contributed by atoms with Crippen molar-refractivity contribution in [3.05, 3.63) is 18.2 Å². The van der Waals surface area contributed by atoms with Crippen molar-refractivity contribution in [2.45, 2.75) is 51.7 Å². The second-order valence-electron chi connectivity index (χ2n) is 6.73. The largest absolute Gasteiger partial charge is 0.497 e. The SMILES string of the molecule is COc1cc(N)cc(OC(C)(C)CCOC(C)(C)CC(=O)O)c1. The van der Waals surface area contributed by atoms with Crippen LogP contribution in [0.25, 0.3) is 0 Å². The van der Waals surface area contributed by atoms with Crippen molar-refractivity contribution in [2.24, 2.45) is 0 Å². The molecular formula is C17H27NO5. The predicted octanol–water partition coefficient (Wildman–Crippen LogP) is 3.09. The molecule has 0 aromatic heterocycles. The van der Waals surface area contributed by atoms with E-state index in [1.165, 1.54) is 0 Å². The topological polar surface area (TPSA) is 91.0 Å². The molecule has 0 spiro atoms. The van der Waals surface area contributed by atoms with Crippen molar-refractivity contribution in [1.29, 1.82) is 0 Å². The Hall–Kier alpha value is -1.95. The zero-order valence-corrected chi connectivity index (χ0v) is 14.5. The number of hydrogen-bond donors (Lipinski definition) is 2. The number of ether oxygens (including phenoxy) is 3. The van der Waals surface area contributed by atoms with Crippen LogP contribution in [0, 0.1) is 0 Å². The summed E-state index contributed by atoms with van der Waals surface area (Å²) in [5, 5.41) is 8.85. The Morgan fingerprint density at radius 1 is 1.13 bits per heavy atom. The minimum absolute atomic E-state index is 0.0410. The molecule has 6 nitrogen and oxygen atoms in total. The minimum Gasteiger partial charge on any atom is -0.497 e. The third-order valence-electron chi connectivity index (χ3n) is 3.31. The van der Waals surface area contributed by atoms with Crippen LogP contribution >= 0.6 is 0 Å². The molecule has 23 heavy (non-hydrogen) atoms. The molecule has 1 aromatic carbocycles. The normalized spacial score (nSPS) is 12.0. The van der Waals surface area contributed by atoms with Gasteiger partial charge < -0.3 is 25.1 Å². The van der Waals surface area contributed by atoms with Crippen molar-refractivity contribution in [1.82, 2.24) is 0 Å². The molecule has 0 amide bonds. The van der Waals surface area contributed by atoms with Gasteiger partial charge in [0.15, 0.2) is 0 Å². The molecule has 1 aromatic rings. The highest BCUT2D eigenvalue weighted by Gasteiger charge is 2.25. The van der Waals surface area contributed by atoms with Gasteiger partial charge in [0.1, 0.15) is 17.1 Å². The van der Waals surface area contributed by atoms with E-state index in [9.17, 15) is 4.79 Å². The number of nitrogens with two attached hydrogens (primary N) is 1. The highest BCUT2D eigenvalue weighted by molar-refractivity contribution is 5.67. The molecule has 0 aliphatic heterocycles. The number of aliphatic carboxylic acids is 1. The van der Waals surface area contributed by atoms with E-state index in [4.69, 9.17) is 25.1 Å². The first-order chi connectivity index (χ1) is 10.5. The second kappa shape index (κ2) is 7.55. The first-order valence-corrected chi connectivity index (χ1v) is 7.52. The standard InChI is InChI=1S/C17H27NO5/c1-16(2,6-7-22-17(3,4)11-15(19)20)23-14-9-12(18)8-13(10-14)21-5/h8-10H,6-7,11,18H2,1-5H3,(H,19,20). The van der Waals surface area contributed by atoms with Crippen LogP contribution in [0.1, 0.15) is 40.5 Å². The highest BCUT2D eigenvalue weighted by Crippen LogP contribution is 2.28. The molecule has 0 atom stereocenters. The lowest BCUT2D eigenvalue weighted by Crippen LogP contribution is -2.34. The van der Waals surface area contributed by atoms with Crippen molar-refractivity contribution in [3.8, 4) is 11.5 Å². The lowest BCUT2D eigenvalue weighted by molar-refractivity contribution is -0.144. The summed E-state index contributed by atoms with van der Waals surface area (Å²) < 4.78 is 16.8. The summed E-state index contributed by atoms with van der Waals surface area (Å²) in [5.41, 5.74) is 5.19. The maximum Gasteiger partial charge on any atom is 0.306 e.